The lowest BCUT2D eigenvalue weighted by Crippen LogP contribution is -2.50. The van der Waals surface area contributed by atoms with Crippen LogP contribution in [0.3, 0.4) is 0 Å². The summed E-state index contributed by atoms with van der Waals surface area (Å²) in [5.41, 5.74) is 1.31. The zero-order chi connectivity index (χ0) is 20.9. The number of benzene rings is 1. The Kier molecular flexibility index (Phi) is 4.81. The molecule has 30 heavy (non-hydrogen) atoms. The summed E-state index contributed by atoms with van der Waals surface area (Å²) in [4.78, 5) is 46.8. The van der Waals surface area contributed by atoms with Crippen LogP contribution in [0.5, 0.6) is 0 Å². The molecule has 7 heteroatoms. The first-order valence-electron chi connectivity index (χ1n) is 11.2. The Hall–Kier alpha value is -2.41. The molecule has 3 fully saturated rings. The Balaban J connectivity index is 1.41. The van der Waals surface area contributed by atoms with E-state index in [1.165, 1.54) is 4.90 Å². The predicted molar refractivity (Wildman–Crippen MR) is 113 cm³/mol. The van der Waals surface area contributed by atoms with Crippen molar-refractivity contribution in [3.05, 3.63) is 29.8 Å². The molecule has 0 radical (unpaired) electrons. The van der Waals surface area contributed by atoms with Crippen molar-refractivity contribution in [1.29, 1.82) is 0 Å². The number of fused-ring (bicyclic) bond motifs is 2. The summed E-state index contributed by atoms with van der Waals surface area (Å²) in [6, 6.07) is 8.02. The second-order valence-corrected chi connectivity index (χ2v) is 9.22. The van der Waals surface area contributed by atoms with Gasteiger partial charge in [-0.2, -0.15) is 0 Å². The first-order chi connectivity index (χ1) is 14.5. The Labute approximate surface area is 177 Å². The summed E-state index contributed by atoms with van der Waals surface area (Å²) in [6.45, 7) is 2.34. The smallest absolute Gasteiger partial charge is 0.313 e. The second kappa shape index (κ2) is 7.38. The fourth-order valence-corrected chi connectivity index (χ4v) is 5.87. The molecule has 3 heterocycles. The van der Waals surface area contributed by atoms with Gasteiger partial charge in [0.15, 0.2) is 0 Å². The molecule has 0 aromatic heterocycles. The maximum atomic E-state index is 13.5. The van der Waals surface area contributed by atoms with Gasteiger partial charge in [-0.05, 0) is 43.9 Å². The molecule has 0 unspecified atom stereocenters. The second-order valence-electron chi connectivity index (χ2n) is 9.22. The average molecular weight is 411 g/mol. The van der Waals surface area contributed by atoms with E-state index in [1.807, 2.05) is 23.1 Å². The Morgan fingerprint density at radius 1 is 1.10 bits per heavy atom. The third-order valence-electron chi connectivity index (χ3n) is 7.63. The van der Waals surface area contributed by atoms with Crippen molar-refractivity contribution in [2.45, 2.75) is 63.1 Å². The number of imide groups is 1. The van der Waals surface area contributed by atoms with E-state index in [2.05, 4.69) is 11.0 Å². The van der Waals surface area contributed by atoms with Gasteiger partial charge < -0.3 is 9.80 Å². The van der Waals surface area contributed by atoms with Gasteiger partial charge in [0, 0.05) is 31.9 Å². The lowest BCUT2D eigenvalue weighted by Gasteiger charge is -2.35. The molecule has 1 aromatic carbocycles. The third-order valence-corrected chi connectivity index (χ3v) is 7.63. The number of urea groups is 1. The molecule has 1 atom stereocenters. The number of amides is 4. The van der Waals surface area contributed by atoms with Crippen LogP contribution in [0.15, 0.2) is 24.3 Å². The topological polar surface area (TPSA) is 64.2 Å². The number of likely N-dealkylation sites (N-methyl/N-ethyl adjacent to an activating group) is 1. The first-order valence-corrected chi connectivity index (χ1v) is 11.2. The van der Waals surface area contributed by atoms with Crippen molar-refractivity contribution in [3.8, 4) is 0 Å². The quantitative estimate of drug-likeness (QED) is 0.703. The van der Waals surface area contributed by atoms with Crippen LogP contribution in [0.2, 0.25) is 0 Å². The van der Waals surface area contributed by atoms with Crippen molar-refractivity contribution in [2.24, 2.45) is 0 Å². The van der Waals surface area contributed by atoms with Crippen LogP contribution in [0.25, 0.3) is 0 Å². The molecule has 1 aromatic rings. The summed E-state index contributed by atoms with van der Waals surface area (Å²) in [7, 11) is 1.72. The standard InChI is InChI=1S/C23H30N4O3/c1-24-22(30)27(21(29)23(24)11-5-2-6-12-23)16-20(28)26-15-18-9-7-13-25(18)14-17-8-3-4-10-19(17)26/h3-4,8,10,18H,2,5-7,9,11-16H2,1H3/t18-/m1/s1. The number of carbonyl (C=O) groups excluding carboxylic acids is 3. The number of hydrogen-bond acceptors (Lipinski definition) is 4. The minimum Gasteiger partial charge on any atom is -0.313 e. The highest BCUT2D eigenvalue weighted by atomic mass is 16.2. The Bertz CT molecular complexity index is 879. The Morgan fingerprint density at radius 3 is 2.67 bits per heavy atom. The Morgan fingerprint density at radius 2 is 1.87 bits per heavy atom. The van der Waals surface area contributed by atoms with Gasteiger partial charge in [0.05, 0.1) is 0 Å². The van der Waals surface area contributed by atoms with Crippen LogP contribution in [-0.2, 0) is 16.1 Å². The molecule has 2 saturated heterocycles. The van der Waals surface area contributed by atoms with Gasteiger partial charge in [-0.3, -0.25) is 19.4 Å². The van der Waals surface area contributed by atoms with Crippen LogP contribution in [0.4, 0.5) is 10.5 Å². The van der Waals surface area contributed by atoms with Crippen molar-refractivity contribution in [3.63, 3.8) is 0 Å². The highest BCUT2D eigenvalue weighted by Gasteiger charge is 2.56. The van der Waals surface area contributed by atoms with Gasteiger partial charge in [-0.1, -0.05) is 37.5 Å². The number of nitrogens with zero attached hydrogens (tertiary/aromatic N) is 4. The lowest BCUT2D eigenvalue weighted by molar-refractivity contribution is -0.136. The van der Waals surface area contributed by atoms with Crippen LogP contribution in [-0.4, -0.2) is 70.8 Å². The lowest BCUT2D eigenvalue weighted by atomic mass is 9.81. The van der Waals surface area contributed by atoms with E-state index in [0.717, 1.165) is 56.4 Å². The molecule has 160 valence electrons. The molecule has 1 saturated carbocycles. The summed E-state index contributed by atoms with van der Waals surface area (Å²) in [5.74, 6) is -0.354. The van der Waals surface area contributed by atoms with Crippen LogP contribution in [0, 0.1) is 0 Å². The molecule has 0 N–H and O–H groups in total. The molecule has 7 nitrogen and oxygen atoms in total. The van der Waals surface area contributed by atoms with Gasteiger partial charge in [0.2, 0.25) is 5.91 Å². The molecule has 3 aliphatic heterocycles. The SMILES string of the molecule is CN1C(=O)N(CC(=O)N2C[C@H]3CCCN3Cc3ccccc32)C(=O)C12CCCCC2. The highest BCUT2D eigenvalue weighted by molar-refractivity contribution is 6.10. The zero-order valence-electron chi connectivity index (χ0n) is 17.7. The van der Waals surface area contributed by atoms with E-state index < -0.39 is 5.54 Å². The van der Waals surface area contributed by atoms with Gasteiger partial charge in [-0.25, -0.2) is 4.79 Å². The van der Waals surface area contributed by atoms with E-state index in [-0.39, 0.29) is 24.4 Å². The summed E-state index contributed by atoms with van der Waals surface area (Å²) < 4.78 is 0. The zero-order valence-corrected chi connectivity index (χ0v) is 17.7. The van der Waals surface area contributed by atoms with Crippen molar-refractivity contribution < 1.29 is 14.4 Å². The predicted octanol–water partition coefficient (Wildman–Crippen LogP) is 2.59. The van der Waals surface area contributed by atoms with E-state index in [4.69, 9.17) is 0 Å². The van der Waals surface area contributed by atoms with Gasteiger partial charge in [-0.15, -0.1) is 0 Å². The number of hydrogen-bond donors (Lipinski definition) is 0. The van der Waals surface area contributed by atoms with Crippen molar-refractivity contribution in [2.75, 3.05) is 31.6 Å². The van der Waals surface area contributed by atoms with Gasteiger partial charge in [0.25, 0.3) is 5.91 Å². The van der Waals surface area contributed by atoms with Gasteiger partial charge >= 0.3 is 6.03 Å². The monoisotopic (exact) mass is 410 g/mol. The van der Waals surface area contributed by atoms with Crippen LogP contribution < -0.4 is 4.90 Å². The normalized spacial score (nSPS) is 26.2. The number of carbonyl (C=O) groups is 3. The molecule has 4 amide bonds. The fraction of sp³-hybridized carbons (Fsp3) is 0.609. The summed E-state index contributed by atoms with van der Waals surface area (Å²) in [5, 5.41) is 0. The number of para-hydroxylation sites is 1. The molecule has 1 aliphatic carbocycles. The van der Waals surface area contributed by atoms with Gasteiger partial charge in [0.1, 0.15) is 12.1 Å². The fourth-order valence-electron chi connectivity index (χ4n) is 5.87. The minimum atomic E-state index is -0.742. The maximum Gasteiger partial charge on any atom is 0.327 e. The summed E-state index contributed by atoms with van der Waals surface area (Å²) >= 11 is 0. The molecular weight excluding hydrogens is 380 g/mol. The molecule has 1 spiro atoms. The molecule has 0 bridgehead atoms. The first kappa shape index (κ1) is 19.5. The number of rotatable bonds is 2. The minimum absolute atomic E-state index is 0.167. The van der Waals surface area contributed by atoms with Crippen LogP contribution >= 0.6 is 0 Å². The highest BCUT2D eigenvalue weighted by Crippen LogP contribution is 2.39. The largest absolute Gasteiger partial charge is 0.327 e. The average Bonchev–Trinajstić information content (AvgIpc) is 3.21. The van der Waals surface area contributed by atoms with E-state index in [9.17, 15) is 14.4 Å². The molecular formula is C23H30N4O3. The number of anilines is 1. The molecule has 5 rings (SSSR count). The van der Waals surface area contributed by atoms with E-state index in [1.54, 1.807) is 11.9 Å². The van der Waals surface area contributed by atoms with Crippen LogP contribution in [0.1, 0.15) is 50.5 Å². The van der Waals surface area contributed by atoms with E-state index in [0.29, 0.717) is 25.4 Å². The third kappa shape index (κ3) is 2.94. The van der Waals surface area contributed by atoms with Crippen molar-refractivity contribution in [1.82, 2.24) is 14.7 Å². The van der Waals surface area contributed by atoms with E-state index >= 15 is 0 Å². The van der Waals surface area contributed by atoms with Crippen molar-refractivity contribution >= 4 is 23.5 Å². The summed E-state index contributed by atoms with van der Waals surface area (Å²) in [6.07, 6.45) is 6.60. The molecule has 4 aliphatic rings. The maximum absolute atomic E-state index is 13.5.